The van der Waals surface area contributed by atoms with Crippen LogP contribution in [0.5, 0.6) is 11.5 Å². The van der Waals surface area contributed by atoms with Gasteiger partial charge in [0.05, 0.1) is 5.39 Å². The highest BCUT2D eigenvalue weighted by Crippen LogP contribution is 2.32. The second-order valence-electron chi connectivity index (χ2n) is 5.46. The number of phenolic OH excluding ortho intramolecular Hbond substituents is 2. The van der Waals surface area contributed by atoms with Crippen molar-refractivity contribution in [2.45, 2.75) is 19.8 Å². The molecule has 0 radical (unpaired) electrons. The Balaban J connectivity index is 2.36. The second-order valence-corrected chi connectivity index (χ2v) is 5.46. The maximum Gasteiger partial charge on any atom is 0.196 e. The molecule has 0 saturated carbocycles. The van der Waals surface area contributed by atoms with Crippen LogP contribution in [-0.2, 0) is 6.42 Å². The Bertz CT molecular complexity index is 969. The third-order valence-electron chi connectivity index (χ3n) is 3.75. The summed E-state index contributed by atoms with van der Waals surface area (Å²) >= 11 is 0. The van der Waals surface area contributed by atoms with E-state index in [-0.39, 0.29) is 39.0 Å². The predicted molar refractivity (Wildman–Crippen MR) is 85.2 cm³/mol. The molecule has 6 heteroatoms. The molecule has 1 heterocycles. The Morgan fingerprint density at radius 2 is 1.75 bits per heavy atom. The minimum Gasteiger partial charge on any atom is -0.508 e. The fourth-order valence-electron chi connectivity index (χ4n) is 2.63. The maximum absolute atomic E-state index is 13.7. The molecule has 3 aromatic rings. The van der Waals surface area contributed by atoms with Crippen LogP contribution in [0.2, 0.25) is 0 Å². The van der Waals surface area contributed by atoms with Crippen molar-refractivity contribution in [1.82, 2.24) is 0 Å². The van der Waals surface area contributed by atoms with Gasteiger partial charge < -0.3 is 14.6 Å². The number of phenols is 2. The summed E-state index contributed by atoms with van der Waals surface area (Å²) in [5.41, 5.74) is 0.123. The van der Waals surface area contributed by atoms with Crippen LogP contribution < -0.4 is 5.43 Å². The lowest BCUT2D eigenvalue weighted by molar-refractivity contribution is 0.396. The fraction of sp³-hybridized carbons (Fsp3) is 0.167. The smallest absolute Gasteiger partial charge is 0.196 e. The maximum atomic E-state index is 13.7. The first-order valence-corrected chi connectivity index (χ1v) is 7.39. The molecule has 3 rings (SSSR count). The average molecular weight is 332 g/mol. The molecule has 0 fully saturated rings. The molecule has 2 aromatic carbocycles. The molecule has 0 unspecified atom stereocenters. The first-order valence-electron chi connectivity index (χ1n) is 7.39. The van der Waals surface area contributed by atoms with Crippen LogP contribution in [0.4, 0.5) is 8.78 Å². The average Bonchev–Trinajstić information content (AvgIpc) is 2.55. The van der Waals surface area contributed by atoms with E-state index in [1.54, 1.807) is 0 Å². The number of aromatic hydroxyl groups is 2. The third-order valence-corrected chi connectivity index (χ3v) is 3.75. The van der Waals surface area contributed by atoms with Gasteiger partial charge in [0.15, 0.2) is 22.8 Å². The lowest BCUT2D eigenvalue weighted by Gasteiger charge is -2.11. The van der Waals surface area contributed by atoms with E-state index in [9.17, 15) is 23.8 Å². The highest BCUT2D eigenvalue weighted by atomic mass is 19.1. The summed E-state index contributed by atoms with van der Waals surface area (Å²) in [4.78, 5) is 12.7. The van der Waals surface area contributed by atoms with Crippen molar-refractivity contribution in [3.8, 4) is 22.8 Å². The van der Waals surface area contributed by atoms with E-state index in [1.807, 2.05) is 6.92 Å². The molecule has 0 bridgehead atoms. The summed E-state index contributed by atoms with van der Waals surface area (Å²) < 4.78 is 33.0. The van der Waals surface area contributed by atoms with E-state index >= 15 is 0 Å². The second kappa shape index (κ2) is 5.96. The van der Waals surface area contributed by atoms with Gasteiger partial charge in [0.1, 0.15) is 17.1 Å². The van der Waals surface area contributed by atoms with Crippen molar-refractivity contribution in [2.75, 3.05) is 0 Å². The van der Waals surface area contributed by atoms with Crippen molar-refractivity contribution < 1.29 is 23.4 Å². The minimum atomic E-state index is -1.14. The molecule has 0 aliphatic heterocycles. The molecule has 0 amide bonds. The highest BCUT2D eigenvalue weighted by Gasteiger charge is 2.19. The van der Waals surface area contributed by atoms with Crippen LogP contribution in [-0.4, -0.2) is 10.2 Å². The van der Waals surface area contributed by atoms with E-state index in [1.165, 1.54) is 18.2 Å². The zero-order chi connectivity index (χ0) is 17.4. The number of halogens is 2. The monoisotopic (exact) mass is 332 g/mol. The summed E-state index contributed by atoms with van der Waals surface area (Å²) in [5.74, 6) is -3.38. The number of rotatable bonds is 3. The Morgan fingerprint density at radius 1 is 1.08 bits per heavy atom. The molecule has 0 aliphatic carbocycles. The van der Waals surface area contributed by atoms with Crippen molar-refractivity contribution in [3.63, 3.8) is 0 Å². The topological polar surface area (TPSA) is 70.7 Å². The van der Waals surface area contributed by atoms with Crippen LogP contribution >= 0.6 is 0 Å². The van der Waals surface area contributed by atoms with Gasteiger partial charge in [-0.2, -0.15) is 0 Å². The summed E-state index contributed by atoms with van der Waals surface area (Å²) in [7, 11) is 0. The van der Waals surface area contributed by atoms with Gasteiger partial charge in [0.25, 0.3) is 0 Å². The predicted octanol–water partition coefficient (Wildman–Crippen LogP) is 4.10. The number of fused-ring (bicyclic) bond motifs is 1. The first kappa shape index (κ1) is 16.0. The van der Waals surface area contributed by atoms with E-state index < -0.39 is 17.4 Å². The highest BCUT2D eigenvalue weighted by molar-refractivity contribution is 5.81. The first-order chi connectivity index (χ1) is 11.4. The molecule has 0 atom stereocenters. The molecule has 124 valence electrons. The zero-order valence-corrected chi connectivity index (χ0v) is 12.8. The van der Waals surface area contributed by atoms with Crippen molar-refractivity contribution >= 4 is 11.0 Å². The Kier molecular flexibility index (Phi) is 3.97. The largest absolute Gasteiger partial charge is 0.508 e. The molecule has 4 nitrogen and oxygen atoms in total. The van der Waals surface area contributed by atoms with Gasteiger partial charge >= 0.3 is 0 Å². The Morgan fingerprint density at radius 3 is 2.38 bits per heavy atom. The molecule has 24 heavy (non-hydrogen) atoms. The van der Waals surface area contributed by atoms with E-state index in [2.05, 4.69) is 0 Å². The molecular formula is C18H14F2O4. The van der Waals surface area contributed by atoms with Gasteiger partial charge in [-0.3, -0.25) is 4.79 Å². The van der Waals surface area contributed by atoms with Crippen LogP contribution in [0.25, 0.3) is 22.3 Å². The van der Waals surface area contributed by atoms with Crippen molar-refractivity contribution in [1.29, 1.82) is 0 Å². The summed E-state index contributed by atoms with van der Waals surface area (Å²) in [6.45, 7) is 1.86. The van der Waals surface area contributed by atoms with E-state index in [0.717, 1.165) is 12.1 Å². The SMILES string of the molecule is CCCc1c(-c2cc(F)c(O)c(F)c2)oc2ccc(O)cc2c1=O. The lowest BCUT2D eigenvalue weighted by Crippen LogP contribution is -2.11. The van der Waals surface area contributed by atoms with E-state index in [4.69, 9.17) is 4.42 Å². The Labute approximate surface area is 135 Å². The Hall–Kier alpha value is -2.89. The summed E-state index contributed by atoms with van der Waals surface area (Å²) in [6, 6.07) is 5.90. The molecule has 0 spiro atoms. The standard InChI is InChI=1S/C18H14F2O4/c1-2-3-11-16(22)12-8-10(21)4-5-15(12)24-18(11)9-6-13(19)17(23)14(20)7-9/h4-8,21,23H,2-3H2,1H3. The van der Waals surface area contributed by atoms with Crippen molar-refractivity contribution in [3.05, 3.63) is 57.8 Å². The van der Waals surface area contributed by atoms with Gasteiger partial charge in [-0.1, -0.05) is 13.3 Å². The van der Waals surface area contributed by atoms with Crippen molar-refractivity contribution in [2.24, 2.45) is 0 Å². The molecule has 0 aliphatic rings. The summed E-state index contributed by atoms with van der Waals surface area (Å²) in [5, 5.41) is 19.0. The number of benzene rings is 2. The fourth-order valence-corrected chi connectivity index (χ4v) is 2.63. The third kappa shape index (κ3) is 2.60. The normalized spacial score (nSPS) is 11.1. The van der Waals surface area contributed by atoms with E-state index in [0.29, 0.717) is 12.8 Å². The molecule has 0 saturated heterocycles. The van der Waals surface area contributed by atoms with Crippen LogP contribution in [0.15, 0.2) is 39.5 Å². The van der Waals surface area contributed by atoms with Gasteiger partial charge in [0, 0.05) is 11.1 Å². The lowest BCUT2D eigenvalue weighted by atomic mass is 10.0. The van der Waals surface area contributed by atoms with Gasteiger partial charge in [-0.15, -0.1) is 0 Å². The van der Waals surface area contributed by atoms with Crippen LogP contribution in [0, 0.1) is 11.6 Å². The number of hydrogen-bond donors (Lipinski definition) is 2. The summed E-state index contributed by atoms with van der Waals surface area (Å²) in [6.07, 6.45) is 0.957. The minimum absolute atomic E-state index is 0.0262. The van der Waals surface area contributed by atoms with Crippen LogP contribution in [0.1, 0.15) is 18.9 Å². The van der Waals surface area contributed by atoms with Gasteiger partial charge in [-0.25, -0.2) is 8.78 Å². The van der Waals surface area contributed by atoms with Crippen LogP contribution in [0.3, 0.4) is 0 Å². The number of hydrogen-bond acceptors (Lipinski definition) is 4. The quantitative estimate of drug-likeness (QED) is 0.757. The molecule has 1 aromatic heterocycles. The van der Waals surface area contributed by atoms with Gasteiger partial charge in [0.2, 0.25) is 0 Å². The molecule has 2 N–H and O–H groups in total. The van der Waals surface area contributed by atoms with Gasteiger partial charge in [-0.05, 0) is 36.8 Å². The molecular weight excluding hydrogens is 318 g/mol. The zero-order valence-electron chi connectivity index (χ0n) is 12.8.